The van der Waals surface area contributed by atoms with Crippen LogP contribution < -0.4 is 5.32 Å². The minimum atomic E-state index is 0.0679. The van der Waals surface area contributed by atoms with Crippen LogP contribution in [0, 0.1) is 13.8 Å². The summed E-state index contributed by atoms with van der Waals surface area (Å²) in [6.45, 7) is 11.1. The van der Waals surface area contributed by atoms with Crippen molar-refractivity contribution < 1.29 is 4.52 Å². The first-order chi connectivity index (χ1) is 9.63. The van der Waals surface area contributed by atoms with E-state index < -0.39 is 0 Å². The molecule has 1 N–H and O–H groups in total. The number of allylic oxidation sites excluding steroid dienone is 1. The third-order valence-electron chi connectivity index (χ3n) is 3.15. The third kappa shape index (κ3) is 3.33. The van der Waals surface area contributed by atoms with Crippen molar-refractivity contribution in [3.8, 4) is 0 Å². The lowest BCUT2D eigenvalue weighted by atomic mass is 10.2. The number of aryl methyl sites for hydroxylation is 2. The van der Waals surface area contributed by atoms with E-state index in [4.69, 9.17) is 4.52 Å². The number of hydrogen-bond acceptors (Lipinski definition) is 5. The zero-order valence-corrected chi connectivity index (χ0v) is 12.3. The molecule has 0 aliphatic heterocycles. The van der Waals surface area contributed by atoms with Crippen LogP contribution in [0.25, 0.3) is 0 Å². The lowest BCUT2D eigenvalue weighted by Crippen LogP contribution is -2.20. The Morgan fingerprint density at radius 2 is 2.30 bits per heavy atom. The minimum absolute atomic E-state index is 0.0679. The van der Waals surface area contributed by atoms with Crippen LogP contribution in [0.15, 0.2) is 23.4 Å². The third-order valence-corrected chi connectivity index (χ3v) is 3.15. The summed E-state index contributed by atoms with van der Waals surface area (Å²) in [7, 11) is 0. The van der Waals surface area contributed by atoms with E-state index in [1.807, 2.05) is 30.8 Å². The van der Waals surface area contributed by atoms with Gasteiger partial charge in [-0.3, -0.25) is 4.68 Å². The molecule has 2 rings (SSSR count). The number of hydrogen-bond donors (Lipinski definition) is 1. The van der Waals surface area contributed by atoms with Crippen LogP contribution in [0.4, 0.5) is 0 Å². The summed E-state index contributed by atoms with van der Waals surface area (Å²) >= 11 is 0. The van der Waals surface area contributed by atoms with Crippen molar-refractivity contribution in [2.45, 2.75) is 46.3 Å². The van der Waals surface area contributed by atoms with Crippen molar-refractivity contribution >= 4 is 0 Å². The molecule has 0 bridgehead atoms. The van der Waals surface area contributed by atoms with Gasteiger partial charge in [-0.1, -0.05) is 18.2 Å². The summed E-state index contributed by atoms with van der Waals surface area (Å²) in [5.41, 5.74) is 2.19. The summed E-state index contributed by atoms with van der Waals surface area (Å²) in [5, 5.41) is 11.7. The van der Waals surface area contributed by atoms with Crippen LogP contribution in [-0.2, 0) is 13.1 Å². The van der Waals surface area contributed by atoms with Gasteiger partial charge in [0.25, 0.3) is 0 Å². The van der Waals surface area contributed by atoms with Crippen molar-refractivity contribution in [3.63, 3.8) is 0 Å². The van der Waals surface area contributed by atoms with Gasteiger partial charge in [0.1, 0.15) is 0 Å². The Kier molecular flexibility index (Phi) is 4.68. The molecule has 0 unspecified atom stereocenters. The number of rotatable bonds is 7. The van der Waals surface area contributed by atoms with E-state index >= 15 is 0 Å². The molecule has 0 aliphatic rings. The van der Waals surface area contributed by atoms with Gasteiger partial charge in [-0.25, -0.2) is 0 Å². The Morgan fingerprint density at radius 1 is 1.50 bits per heavy atom. The van der Waals surface area contributed by atoms with Gasteiger partial charge in [-0.05, 0) is 20.3 Å². The summed E-state index contributed by atoms with van der Waals surface area (Å²) in [6, 6.07) is 0.0679. The normalized spacial score (nSPS) is 12.6. The predicted molar refractivity (Wildman–Crippen MR) is 76.1 cm³/mol. The lowest BCUT2D eigenvalue weighted by molar-refractivity contribution is 0.323. The molecule has 0 saturated heterocycles. The van der Waals surface area contributed by atoms with E-state index in [1.54, 1.807) is 0 Å². The maximum absolute atomic E-state index is 5.22. The quantitative estimate of drug-likeness (QED) is 0.785. The fourth-order valence-corrected chi connectivity index (χ4v) is 2.05. The first kappa shape index (κ1) is 14.5. The molecule has 2 aromatic rings. The van der Waals surface area contributed by atoms with Crippen LogP contribution in [0.5, 0.6) is 0 Å². The maximum Gasteiger partial charge on any atom is 0.243 e. The van der Waals surface area contributed by atoms with Gasteiger partial charge in [0.15, 0.2) is 5.82 Å². The molecule has 0 saturated carbocycles. The largest absolute Gasteiger partial charge is 0.338 e. The molecule has 108 valence electrons. The molecule has 2 aromatic heterocycles. The first-order valence-corrected chi connectivity index (χ1v) is 6.81. The molecule has 6 nitrogen and oxygen atoms in total. The van der Waals surface area contributed by atoms with Crippen LogP contribution in [0.1, 0.15) is 42.4 Å². The zero-order chi connectivity index (χ0) is 14.5. The van der Waals surface area contributed by atoms with Crippen molar-refractivity contribution in [1.82, 2.24) is 25.2 Å². The van der Waals surface area contributed by atoms with Crippen LogP contribution >= 0.6 is 0 Å². The molecule has 0 fully saturated rings. The standard InChI is InChI=1S/C14H21N5O/c1-5-7-19-9-12(10(3)17-19)8-15-13(6-2)14-16-11(4)18-20-14/h5,9,13,15H,1,6-8H2,2-4H3/t13-/m0/s1. The molecule has 0 amide bonds. The van der Waals surface area contributed by atoms with Gasteiger partial charge < -0.3 is 9.84 Å². The zero-order valence-electron chi connectivity index (χ0n) is 12.3. The predicted octanol–water partition coefficient (Wildman–Crippen LogP) is 2.31. The van der Waals surface area contributed by atoms with Crippen LogP contribution in [0.3, 0.4) is 0 Å². The average Bonchev–Trinajstić information content (AvgIpc) is 2.98. The molecule has 6 heteroatoms. The summed E-state index contributed by atoms with van der Waals surface area (Å²) < 4.78 is 7.11. The number of nitrogens with zero attached hydrogens (tertiary/aromatic N) is 4. The number of aromatic nitrogens is 4. The van der Waals surface area contributed by atoms with Gasteiger partial charge in [0, 0.05) is 18.3 Å². The van der Waals surface area contributed by atoms with Gasteiger partial charge in [0.05, 0.1) is 18.3 Å². The van der Waals surface area contributed by atoms with E-state index in [1.165, 1.54) is 5.56 Å². The van der Waals surface area contributed by atoms with Crippen LogP contribution in [0.2, 0.25) is 0 Å². The fourth-order valence-electron chi connectivity index (χ4n) is 2.05. The Balaban J connectivity index is 2.01. The average molecular weight is 275 g/mol. The van der Waals surface area contributed by atoms with Gasteiger partial charge in [-0.15, -0.1) is 6.58 Å². The topological polar surface area (TPSA) is 68.8 Å². The van der Waals surface area contributed by atoms with E-state index in [0.29, 0.717) is 11.7 Å². The maximum atomic E-state index is 5.22. The monoisotopic (exact) mass is 275 g/mol. The Morgan fingerprint density at radius 3 is 2.90 bits per heavy atom. The van der Waals surface area contributed by atoms with Crippen molar-refractivity contribution in [1.29, 1.82) is 0 Å². The molecular formula is C14H21N5O. The molecule has 0 radical (unpaired) electrons. The van der Waals surface area contributed by atoms with E-state index in [-0.39, 0.29) is 6.04 Å². The molecule has 0 spiro atoms. The van der Waals surface area contributed by atoms with Crippen molar-refractivity contribution in [2.24, 2.45) is 0 Å². The SMILES string of the molecule is C=CCn1cc(CN[C@@H](CC)c2nc(C)no2)c(C)n1. The van der Waals surface area contributed by atoms with E-state index in [0.717, 1.165) is 25.2 Å². The van der Waals surface area contributed by atoms with Crippen LogP contribution in [-0.4, -0.2) is 19.9 Å². The van der Waals surface area contributed by atoms with Crippen molar-refractivity contribution in [2.75, 3.05) is 0 Å². The second kappa shape index (κ2) is 6.47. The van der Waals surface area contributed by atoms with Gasteiger partial charge >= 0.3 is 0 Å². The minimum Gasteiger partial charge on any atom is -0.338 e. The Bertz CT molecular complexity index is 572. The second-order valence-corrected chi connectivity index (χ2v) is 4.77. The summed E-state index contributed by atoms with van der Waals surface area (Å²) in [4.78, 5) is 4.28. The van der Waals surface area contributed by atoms with E-state index in [2.05, 4.69) is 34.1 Å². The Hall–Kier alpha value is -1.95. The van der Waals surface area contributed by atoms with Gasteiger partial charge in [-0.2, -0.15) is 10.1 Å². The molecule has 1 atom stereocenters. The fraction of sp³-hybridized carbons (Fsp3) is 0.500. The first-order valence-electron chi connectivity index (χ1n) is 6.81. The van der Waals surface area contributed by atoms with Gasteiger partial charge in [0.2, 0.25) is 5.89 Å². The van der Waals surface area contributed by atoms with Crippen molar-refractivity contribution in [3.05, 3.63) is 41.8 Å². The number of nitrogens with one attached hydrogen (secondary N) is 1. The van der Waals surface area contributed by atoms with E-state index in [9.17, 15) is 0 Å². The molecule has 0 aromatic carbocycles. The lowest BCUT2D eigenvalue weighted by Gasteiger charge is -2.11. The molecule has 20 heavy (non-hydrogen) atoms. The highest BCUT2D eigenvalue weighted by Crippen LogP contribution is 2.16. The summed E-state index contributed by atoms with van der Waals surface area (Å²) in [5.74, 6) is 1.30. The highest BCUT2D eigenvalue weighted by Gasteiger charge is 2.16. The molecule has 2 heterocycles. The smallest absolute Gasteiger partial charge is 0.243 e. The second-order valence-electron chi connectivity index (χ2n) is 4.77. The molecular weight excluding hydrogens is 254 g/mol. The highest BCUT2D eigenvalue weighted by molar-refractivity contribution is 5.15. The summed E-state index contributed by atoms with van der Waals surface area (Å²) in [6.07, 6.45) is 4.76. The molecule has 0 aliphatic carbocycles. The Labute approximate surface area is 118 Å². The highest BCUT2D eigenvalue weighted by atomic mass is 16.5.